The summed E-state index contributed by atoms with van der Waals surface area (Å²) in [6.07, 6.45) is -15.1. The second kappa shape index (κ2) is 41.3. The number of phosphoric ester groups is 5. The topological polar surface area (TPSA) is 857 Å². The first-order valence-corrected chi connectivity index (χ1v) is 49.5. The largest absolute Gasteiger partial charge is 0.485 e. The number of benzene rings is 3. The van der Waals surface area contributed by atoms with Crippen molar-refractivity contribution < 1.29 is 126 Å². The van der Waals surface area contributed by atoms with E-state index in [9.17, 15) is 86.0 Å². The van der Waals surface area contributed by atoms with Gasteiger partial charge in [0.2, 0.25) is 29.7 Å². The Kier molecular flexibility index (Phi) is 29.2. The zero-order valence-electron chi connectivity index (χ0n) is 72.9. The van der Waals surface area contributed by atoms with E-state index in [4.69, 9.17) is 102 Å². The molecule has 17 rings (SSSR count). The quantitative estimate of drug-likeness (QED) is 0.0232. The van der Waals surface area contributed by atoms with Crippen molar-refractivity contribution in [2.75, 3.05) is 68.3 Å². The average molecular weight is 2060 g/mol. The Morgan fingerprint density at radius 3 is 1.20 bits per heavy atom. The normalized spacial score (nSPS) is 21.3. The van der Waals surface area contributed by atoms with Crippen molar-refractivity contribution in [2.45, 2.75) is 139 Å². The van der Waals surface area contributed by atoms with Crippen LogP contribution in [0.4, 0.5) is 29.7 Å². The third-order valence-corrected chi connectivity index (χ3v) is 26.8. The van der Waals surface area contributed by atoms with Crippen LogP contribution in [0.5, 0.6) is 11.5 Å². The molecule has 14 aromatic rings. The van der Waals surface area contributed by atoms with E-state index in [0.29, 0.717) is 17.1 Å². The number of nitrogen functional groups attached to an aromatic ring is 5. The summed E-state index contributed by atoms with van der Waals surface area (Å²) >= 11 is 0. The summed E-state index contributed by atoms with van der Waals surface area (Å²) in [7, 11) is -28.3. The van der Waals surface area contributed by atoms with Crippen molar-refractivity contribution in [1.29, 1.82) is 0 Å². The fourth-order valence-corrected chi connectivity index (χ4v) is 20.1. The van der Waals surface area contributed by atoms with E-state index in [1.807, 2.05) is 60.7 Å². The lowest BCUT2D eigenvalue weighted by Crippen LogP contribution is -2.33. The highest BCUT2D eigenvalue weighted by atomic mass is 31.2. The highest BCUT2D eigenvalue weighted by Gasteiger charge is 2.49. The molecule has 3 saturated heterocycles. The molecule has 3 aliphatic rings. The molecule has 3 aromatic carbocycles. The molecule has 0 amide bonds. The Hall–Kier alpha value is -13.0. The number of rotatable bonds is 44. The lowest BCUT2D eigenvalue weighted by atomic mass is 10.2. The van der Waals surface area contributed by atoms with E-state index in [0.717, 1.165) is 61.0 Å². The molecule has 22 N–H and O–H groups in total. The monoisotopic (exact) mass is 2060 g/mol. The van der Waals surface area contributed by atoms with Gasteiger partial charge in [0, 0.05) is 31.0 Å². The van der Waals surface area contributed by atoms with E-state index in [1.54, 1.807) is 18.2 Å². The predicted molar refractivity (Wildman–Crippen MR) is 481 cm³/mol. The van der Waals surface area contributed by atoms with E-state index >= 15 is 0 Å². The predicted octanol–water partition coefficient (Wildman–Crippen LogP) is 0.531. The molecular formula is C75H86N27O34P5. The summed E-state index contributed by atoms with van der Waals surface area (Å²) in [4.78, 5) is 203. The number of nitrogens with one attached hydrogen (secondary N) is 6. The van der Waals surface area contributed by atoms with Crippen LogP contribution in [-0.4, -0.2) is 231 Å². The Morgan fingerprint density at radius 2 is 0.766 bits per heavy atom. The number of hydrogen-bond acceptors (Lipinski definition) is 44. The maximum Gasteiger partial charge on any atom is 0.472 e. The van der Waals surface area contributed by atoms with E-state index in [-0.39, 0.29) is 106 Å². The summed E-state index contributed by atoms with van der Waals surface area (Å²) in [5.41, 5.74) is 23.4. The fraction of sp³-hybridized carbons (Fsp3) is 0.373. The van der Waals surface area contributed by atoms with E-state index in [1.165, 1.54) is 22.3 Å². The molecule has 0 bridgehead atoms. The van der Waals surface area contributed by atoms with E-state index < -0.39 is 235 Å². The molecule has 0 spiro atoms. The zero-order valence-corrected chi connectivity index (χ0v) is 77.4. The molecular weight excluding hydrogens is 1980 g/mol. The first-order chi connectivity index (χ1) is 67.1. The standard InChI is InChI=1S/C75H86N27O34P5/c1-36-18-100(75(110)96-64(36)104)51-15-45(48(129-51)28-121-22-39-12-13-43(122-23-37-8-4-2-5-9-37)44(14-39)123-24-38-10-6-3-7-11-38)134-140(117,118)127-30-50-47(17-53(131-50)102-35-85-58-63(102)90-74(80)95-69(58)109)136-141(119,120)128-29-49-46(16-52(130-49)101-34-84-57-62(101)89-73(79)94-68(57)108)135-139(115,116)126-27-42(21-99-33-83-56-61(99)88-72(78)93-67(56)107)133-138(113,114)125-26-41(20-98-32-82-55-60(98)87-71(77)92-66(55)106)132-137(111,112)124-25-40(103)19-97-31-81-54-59(97)86-70(76)91-65(54)105/h2-14,18,31-35,40-42,45-53,103H,15-17,19-30H2,1H3,(H,111,112)(H,113,114)(H,115,116)(H,117,118)(H,119,120)(H,96,104,110)(H3,76,86,91,105)(H3,77,87,92,106)(H3,78,88,93,107)(H3,79,89,94,108)(H3,80,90,95,109)/t40-,41-,42-,45+,46+,47+,48-,49-,50-,51-,52-,53-/m1/s1. The number of phosphoric acid groups is 5. The smallest absolute Gasteiger partial charge is 0.472 e. The third-order valence-electron chi connectivity index (χ3n) is 21.7. The van der Waals surface area contributed by atoms with Crippen molar-refractivity contribution in [3.63, 3.8) is 0 Å². The van der Waals surface area contributed by atoms with Gasteiger partial charge in [0.1, 0.15) is 80.7 Å². The van der Waals surface area contributed by atoms with Crippen LogP contribution in [0, 0.1) is 6.92 Å². The number of nitrogens with zero attached hydrogens (tertiary/aromatic N) is 16. The summed E-state index contributed by atoms with van der Waals surface area (Å²) < 4.78 is 172. The number of aryl methyl sites for hydroxylation is 1. The molecule has 11 aromatic heterocycles. The van der Waals surface area contributed by atoms with Crippen molar-refractivity contribution in [3.8, 4) is 11.5 Å². The lowest BCUT2D eigenvalue weighted by Gasteiger charge is -2.26. The Labute approximate surface area is 785 Å². The second-order valence-electron chi connectivity index (χ2n) is 31.9. The minimum Gasteiger partial charge on any atom is -0.485 e. The molecule has 5 unspecified atom stereocenters. The molecule has 17 atom stereocenters. The molecule has 0 saturated carbocycles. The number of aliphatic hydroxyl groups is 1. The SMILES string of the molecule is Cc1cn([C@H]2C[C@H](OP(=O)(O)OC[C@H]3O[C@@H](n4cnc5c(=O)[nH]c(N)nc54)C[C@@H]3OP(=O)(O)OC[C@H]3O[C@@H](n4cnc5c(=O)[nH]c(N)nc54)C[C@@H]3OP(=O)(O)OC[C@@H](Cn3cnc4c(=O)[nH]c(N)nc43)OP(=O)(O)OC[C@@H](Cn3cnc4c(=O)[nH]c(N)nc43)OP(=O)(O)OC[C@H](O)Cn3cnc4c(=O)[nH]c(N)nc43)[C@@H](COCc3ccc(OCc4ccccc4)c(OCc4ccccc4)c3)O2)c(=O)[nH]c1=O. The summed E-state index contributed by atoms with van der Waals surface area (Å²) in [6, 6.07) is 23.9. The number of ether oxygens (including phenoxy) is 6. The van der Waals surface area contributed by atoms with Gasteiger partial charge in [0.25, 0.3) is 33.4 Å². The molecule has 3 fully saturated rings. The highest BCUT2D eigenvalue weighted by Crippen LogP contribution is 2.55. The number of H-pyrrole nitrogens is 6. The fourth-order valence-electron chi connectivity index (χ4n) is 15.3. The van der Waals surface area contributed by atoms with Gasteiger partial charge in [-0.1, -0.05) is 66.7 Å². The number of imidazole rings is 5. The molecule has 66 heteroatoms. The first kappa shape index (κ1) is 99.6. The molecule has 3 aliphatic heterocycles. The lowest BCUT2D eigenvalue weighted by molar-refractivity contribution is -0.0710. The van der Waals surface area contributed by atoms with E-state index in [2.05, 4.69) is 79.7 Å². The van der Waals surface area contributed by atoms with Gasteiger partial charge in [-0.3, -0.25) is 118 Å². The van der Waals surface area contributed by atoms with Crippen LogP contribution in [-0.2, 0) is 126 Å². The molecule has 141 heavy (non-hydrogen) atoms. The number of anilines is 5. The van der Waals surface area contributed by atoms with Crippen LogP contribution in [0.3, 0.4) is 0 Å². The van der Waals surface area contributed by atoms with Gasteiger partial charge in [-0.15, -0.1) is 0 Å². The van der Waals surface area contributed by atoms with Gasteiger partial charge in [-0.25, -0.2) is 52.5 Å². The molecule has 750 valence electrons. The van der Waals surface area contributed by atoms with Gasteiger partial charge in [-0.05, 0) is 35.7 Å². The maximum atomic E-state index is 14.8. The van der Waals surface area contributed by atoms with Gasteiger partial charge in [-0.2, -0.15) is 24.9 Å². The Balaban J connectivity index is 0.599. The number of aromatic nitrogens is 22. The highest BCUT2D eigenvalue weighted by molar-refractivity contribution is 7.48. The molecule has 0 radical (unpaired) electrons. The number of fused-ring (bicyclic) bond motifs is 5. The minimum atomic E-state index is -5.81. The number of aromatic amines is 6. The van der Waals surface area contributed by atoms with Crippen LogP contribution in [0.1, 0.15) is 60.2 Å². The number of nitrogens with two attached hydrogens (primary N) is 5. The molecule has 0 aliphatic carbocycles. The van der Waals surface area contributed by atoms with Gasteiger partial charge < -0.3 is 100 Å². The van der Waals surface area contributed by atoms with Crippen molar-refractivity contribution in [1.82, 2.24) is 107 Å². The summed E-state index contributed by atoms with van der Waals surface area (Å²) in [6.45, 7) is -6.63. The van der Waals surface area contributed by atoms with Crippen LogP contribution in [0.25, 0.3) is 55.8 Å². The molecule has 14 heterocycles. The van der Waals surface area contributed by atoms with Crippen LogP contribution in [0.2, 0.25) is 0 Å². The van der Waals surface area contributed by atoms with Gasteiger partial charge >= 0.3 is 44.8 Å². The average Bonchev–Trinajstić information content (AvgIpc) is 1.60. The minimum absolute atomic E-state index is 0.0876. The van der Waals surface area contributed by atoms with Crippen molar-refractivity contribution in [2.24, 2.45) is 0 Å². The molecule has 61 nitrogen and oxygen atoms in total. The van der Waals surface area contributed by atoms with Crippen molar-refractivity contribution >= 4 is 125 Å². The summed E-state index contributed by atoms with van der Waals surface area (Å²) in [5.74, 6) is -1.24. The van der Waals surface area contributed by atoms with Crippen LogP contribution < -0.4 is 77.2 Å². The number of hydrogen-bond donors (Lipinski definition) is 17. The van der Waals surface area contributed by atoms with Gasteiger partial charge in [0.05, 0.1) is 104 Å². The maximum absolute atomic E-state index is 14.8. The van der Waals surface area contributed by atoms with Crippen molar-refractivity contribution in [3.05, 3.63) is 212 Å². The zero-order chi connectivity index (χ0) is 99.7. The summed E-state index contributed by atoms with van der Waals surface area (Å²) in [5, 5.41) is 11.0. The second-order valence-corrected chi connectivity index (χ2v) is 38.9. The first-order valence-electron chi connectivity index (χ1n) is 42.0. The Bertz CT molecular complexity index is 7710. The van der Waals surface area contributed by atoms with Crippen LogP contribution in [0.15, 0.2) is 150 Å². The van der Waals surface area contributed by atoms with Gasteiger partial charge in [0.15, 0.2) is 67.3 Å². The van der Waals surface area contributed by atoms with Crippen LogP contribution >= 0.6 is 39.1 Å². The third kappa shape index (κ3) is 23.9. The number of aliphatic hydroxyl groups excluding tert-OH is 1. The Morgan fingerprint density at radius 1 is 0.404 bits per heavy atom.